The van der Waals surface area contributed by atoms with Crippen LogP contribution in [0.15, 0.2) is 16.8 Å². The van der Waals surface area contributed by atoms with Gasteiger partial charge >= 0.3 is 12.0 Å². The van der Waals surface area contributed by atoms with Gasteiger partial charge in [0.2, 0.25) is 0 Å². The average molecular weight is 196 g/mol. The first-order chi connectivity index (χ1) is 6.86. The molecule has 0 saturated carbocycles. The quantitative estimate of drug-likeness (QED) is 0.685. The van der Waals surface area contributed by atoms with E-state index in [2.05, 4.69) is 9.68 Å². The summed E-state index contributed by atoms with van der Waals surface area (Å²) in [6.45, 7) is 1.54. The largest absolute Gasteiger partial charge is 0.417 e. The van der Waals surface area contributed by atoms with Crippen LogP contribution in [0, 0.1) is 0 Å². The van der Waals surface area contributed by atoms with Gasteiger partial charge in [0.25, 0.3) is 0 Å². The van der Waals surface area contributed by atoms with E-state index in [4.69, 9.17) is 4.74 Å². The van der Waals surface area contributed by atoms with E-state index in [1.54, 1.807) is 4.90 Å². The maximum atomic E-state index is 11.5. The van der Waals surface area contributed by atoms with E-state index >= 15 is 0 Å². The van der Waals surface area contributed by atoms with Crippen molar-refractivity contribution < 1.29 is 14.1 Å². The summed E-state index contributed by atoms with van der Waals surface area (Å²) >= 11 is 0. The van der Waals surface area contributed by atoms with E-state index in [1.165, 1.54) is 18.7 Å². The molecule has 1 fully saturated rings. The molecule has 1 aliphatic heterocycles. The van der Waals surface area contributed by atoms with Gasteiger partial charge in [0.05, 0.1) is 6.20 Å². The second-order valence-corrected chi connectivity index (χ2v) is 3.25. The molecular formula is C9H12N2O3. The summed E-state index contributed by atoms with van der Waals surface area (Å²) in [6.07, 6.45) is 4.38. The number of ether oxygens (including phenoxy) is 1. The van der Waals surface area contributed by atoms with Crippen molar-refractivity contribution in [3.05, 3.63) is 12.3 Å². The van der Waals surface area contributed by atoms with Gasteiger partial charge in [0.1, 0.15) is 0 Å². The molecule has 0 atom stereocenters. The lowest BCUT2D eigenvalue weighted by molar-refractivity contribution is 0.128. The molecule has 0 spiro atoms. The van der Waals surface area contributed by atoms with Gasteiger partial charge in [-0.15, -0.1) is 0 Å². The lowest BCUT2D eigenvalue weighted by Gasteiger charge is -2.24. The lowest BCUT2D eigenvalue weighted by Crippen LogP contribution is -2.37. The van der Waals surface area contributed by atoms with Crippen LogP contribution in [0.3, 0.4) is 0 Å². The number of carbonyl (C=O) groups is 1. The van der Waals surface area contributed by atoms with Gasteiger partial charge in [0, 0.05) is 19.2 Å². The van der Waals surface area contributed by atoms with E-state index < -0.39 is 0 Å². The second kappa shape index (κ2) is 4.13. The third-order valence-electron chi connectivity index (χ3n) is 2.22. The molecular weight excluding hydrogens is 184 g/mol. The topological polar surface area (TPSA) is 55.6 Å². The number of piperidine rings is 1. The minimum absolute atomic E-state index is 0.153. The van der Waals surface area contributed by atoms with Crippen LogP contribution in [0.1, 0.15) is 19.3 Å². The van der Waals surface area contributed by atoms with Crippen molar-refractivity contribution in [2.45, 2.75) is 19.3 Å². The molecule has 76 valence electrons. The van der Waals surface area contributed by atoms with Crippen LogP contribution in [0.4, 0.5) is 4.79 Å². The number of amides is 1. The number of carbonyl (C=O) groups excluding carboxylic acids is 1. The fourth-order valence-electron chi connectivity index (χ4n) is 1.48. The number of likely N-dealkylation sites (tertiary alicyclic amines) is 1. The number of aromatic nitrogens is 1. The molecule has 0 aromatic carbocycles. The second-order valence-electron chi connectivity index (χ2n) is 3.25. The fourth-order valence-corrected chi connectivity index (χ4v) is 1.48. The molecule has 2 rings (SSSR count). The van der Waals surface area contributed by atoms with Crippen LogP contribution >= 0.6 is 0 Å². The normalized spacial score (nSPS) is 16.7. The lowest BCUT2D eigenvalue weighted by atomic mass is 10.1. The SMILES string of the molecule is O=C(Oc1ccno1)N1CCCCC1. The Balaban J connectivity index is 1.88. The van der Waals surface area contributed by atoms with Crippen LogP contribution in [-0.2, 0) is 0 Å². The van der Waals surface area contributed by atoms with E-state index in [0.717, 1.165) is 25.9 Å². The van der Waals surface area contributed by atoms with Gasteiger partial charge in [-0.3, -0.25) is 0 Å². The van der Waals surface area contributed by atoms with Gasteiger partial charge in [-0.2, -0.15) is 0 Å². The summed E-state index contributed by atoms with van der Waals surface area (Å²) in [6, 6.07) is 1.52. The van der Waals surface area contributed by atoms with E-state index in [-0.39, 0.29) is 12.0 Å². The number of hydrogen-bond acceptors (Lipinski definition) is 4. The molecule has 1 aliphatic rings. The van der Waals surface area contributed by atoms with Crippen molar-refractivity contribution in [2.75, 3.05) is 13.1 Å². The smallest absolute Gasteiger partial charge is 0.374 e. The minimum Gasteiger partial charge on any atom is -0.374 e. The van der Waals surface area contributed by atoms with Crippen LogP contribution in [0.25, 0.3) is 0 Å². The Labute approximate surface area is 81.6 Å². The molecule has 0 unspecified atom stereocenters. The average Bonchev–Trinajstić information content (AvgIpc) is 2.72. The number of hydrogen-bond donors (Lipinski definition) is 0. The van der Waals surface area contributed by atoms with E-state index in [1.807, 2.05) is 0 Å². The molecule has 2 heterocycles. The van der Waals surface area contributed by atoms with Gasteiger partial charge in [-0.1, -0.05) is 5.16 Å². The summed E-state index contributed by atoms with van der Waals surface area (Å²) in [5.41, 5.74) is 0. The predicted molar refractivity (Wildman–Crippen MR) is 48.0 cm³/mol. The van der Waals surface area contributed by atoms with Crippen LogP contribution < -0.4 is 4.74 Å². The zero-order valence-electron chi connectivity index (χ0n) is 7.81. The summed E-state index contributed by atoms with van der Waals surface area (Å²) in [4.78, 5) is 13.2. The highest BCUT2D eigenvalue weighted by Gasteiger charge is 2.19. The molecule has 0 N–H and O–H groups in total. The molecule has 0 radical (unpaired) electrons. The predicted octanol–water partition coefficient (Wildman–Crippen LogP) is 1.66. The fraction of sp³-hybridized carbons (Fsp3) is 0.556. The Morgan fingerprint density at radius 1 is 1.43 bits per heavy atom. The maximum Gasteiger partial charge on any atom is 0.417 e. The first-order valence-corrected chi connectivity index (χ1v) is 4.74. The molecule has 0 aliphatic carbocycles. The number of rotatable bonds is 1. The Kier molecular flexibility index (Phi) is 2.67. The maximum absolute atomic E-state index is 11.5. The highest BCUT2D eigenvalue weighted by atomic mass is 16.7. The van der Waals surface area contributed by atoms with Crippen molar-refractivity contribution >= 4 is 6.09 Å². The minimum atomic E-state index is -0.346. The zero-order chi connectivity index (χ0) is 9.80. The Bertz CT molecular complexity index is 291. The van der Waals surface area contributed by atoms with Crippen LogP contribution in [-0.4, -0.2) is 29.2 Å². The van der Waals surface area contributed by atoms with Gasteiger partial charge in [-0.25, -0.2) is 4.79 Å². The highest BCUT2D eigenvalue weighted by molar-refractivity contribution is 5.69. The third kappa shape index (κ3) is 2.04. The Morgan fingerprint density at radius 3 is 2.86 bits per heavy atom. The summed E-state index contributed by atoms with van der Waals surface area (Å²) < 4.78 is 9.63. The molecule has 1 saturated heterocycles. The molecule has 1 aromatic rings. The van der Waals surface area contributed by atoms with Crippen molar-refractivity contribution in [2.24, 2.45) is 0 Å². The van der Waals surface area contributed by atoms with Gasteiger partial charge < -0.3 is 14.2 Å². The summed E-state index contributed by atoms with van der Waals surface area (Å²) in [5.74, 6) is 0.153. The number of nitrogens with zero attached hydrogens (tertiary/aromatic N) is 2. The van der Waals surface area contributed by atoms with Crippen molar-refractivity contribution in [3.8, 4) is 5.95 Å². The molecule has 1 aromatic heterocycles. The first kappa shape index (κ1) is 9.05. The molecule has 5 heteroatoms. The molecule has 5 nitrogen and oxygen atoms in total. The molecule has 0 bridgehead atoms. The highest BCUT2D eigenvalue weighted by Crippen LogP contribution is 2.13. The van der Waals surface area contributed by atoms with Crippen LogP contribution in [0.2, 0.25) is 0 Å². The molecule has 14 heavy (non-hydrogen) atoms. The van der Waals surface area contributed by atoms with Gasteiger partial charge in [0.15, 0.2) is 0 Å². The van der Waals surface area contributed by atoms with E-state index in [9.17, 15) is 4.79 Å². The standard InChI is InChI=1S/C9H12N2O3/c12-9(11-6-2-1-3-7-11)13-8-4-5-10-14-8/h4-5H,1-3,6-7H2. The van der Waals surface area contributed by atoms with Crippen molar-refractivity contribution in [3.63, 3.8) is 0 Å². The van der Waals surface area contributed by atoms with Crippen LogP contribution in [0.5, 0.6) is 5.95 Å². The Hall–Kier alpha value is -1.52. The summed E-state index contributed by atoms with van der Waals surface area (Å²) in [7, 11) is 0. The Morgan fingerprint density at radius 2 is 2.21 bits per heavy atom. The molecule has 1 amide bonds. The van der Waals surface area contributed by atoms with E-state index in [0.29, 0.717) is 0 Å². The summed E-state index contributed by atoms with van der Waals surface area (Å²) in [5, 5.41) is 3.45. The van der Waals surface area contributed by atoms with Crippen molar-refractivity contribution in [1.82, 2.24) is 10.1 Å². The zero-order valence-corrected chi connectivity index (χ0v) is 7.81. The van der Waals surface area contributed by atoms with Gasteiger partial charge in [-0.05, 0) is 19.3 Å². The first-order valence-electron chi connectivity index (χ1n) is 4.74. The van der Waals surface area contributed by atoms with Crippen molar-refractivity contribution in [1.29, 1.82) is 0 Å². The monoisotopic (exact) mass is 196 g/mol. The third-order valence-corrected chi connectivity index (χ3v) is 2.22.